The van der Waals surface area contributed by atoms with Crippen LogP contribution in [0.1, 0.15) is 23.0 Å². The van der Waals surface area contributed by atoms with Crippen LogP contribution in [0.5, 0.6) is 11.5 Å². The number of amides is 1. The molecule has 8 nitrogen and oxygen atoms in total. The number of carbonyl (C=O) groups excluding carboxylic acids is 1. The Kier molecular flexibility index (Phi) is 9.86. The minimum atomic E-state index is -0.286. The van der Waals surface area contributed by atoms with Crippen molar-refractivity contribution < 1.29 is 18.7 Å². The number of anilines is 2. The smallest absolute Gasteiger partial charge is 0.291 e. The quantitative estimate of drug-likeness (QED) is 0.213. The largest absolute Gasteiger partial charge is 0.493 e. The van der Waals surface area contributed by atoms with Crippen LogP contribution >= 0.6 is 24.0 Å². The summed E-state index contributed by atoms with van der Waals surface area (Å²) in [5.41, 5.74) is 2.54. The molecule has 2 aromatic carbocycles. The highest BCUT2D eigenvalue weighted by Crippen LogP contribution is 2.30. The Morgan fingerprint density at radius 1 is 1.03 bits per heavy atom. The number of ether oxygens (including phenoxy) is 2. The van der Waals surface area contributed by atoms with Crippen molar-refractivity contribution in [1.29, 1.82) is 0 Å². The van der Waals surface area contributed by atoms with Gasteiger partial charge in [-0.15, -0.1) is 24.0 Å². The fraction of sp³-hybridized carbons (Fsp3) is 0.217. The summed E-state index contributed by atoms with van der Waals surface area (Å²) >= 11 is 0. The first-order valence-electron chi connectivity index (χ1n) is 9.85. The number of carbonyl (C=O) groups is 1. The number of halogens is 1. The third-order valence-electron chi connectivity index (χ3n) is 4.37. The van der Waals surface area contributed by atoms with E-state index in [0.717, 1.165) is 11.3 Å². The zero-order valence-electron chi connectivity index (χ0n) is 18.2. The zero-order chi connectivity index (χ0) is 22.1. The molecule has 3 aromatic rings. The molecule has 0 spiro atoms. The van der Waals surface area contributed by atoms with Crippen LogP contribution in [0.3, 0.4) is 0 Å². The summed E-state index contributed by atoms with van der Waals surface area (Å²) in [6.07, 6.45) is 1.47. The Balaban J connectivity index is 0.00000363. The molecule has 32 heavy (non-hydrogen) atoms. The molecule has 1 aromatic heterocycles. The second-order valence-corrected chi connectivity index (χ2v) is 6.48. The summed E-state index contributed by atoms with van der Waals surface area (Å²) in [6.45, 7) is 3.05. The second kappa shape index (κ2) is 12.6. The molecule has 0 aliphatic heterocycles. The predicted molar refractivity (Wildman–Crippen MR) is 137 cm³/mol. The third kappa shape index (κ3) is 6.91. The van der Waals surface area contributed by atoms with Crippen LogP contribution in [0.4, 0.5) is 11.4 Å². The highest BCUT2D eigenvalue weighted by Gasteiger charge is 2.09. The van der Waals surface area contributed by atoms with E-state index in [1.54, 1.807) is 26.3 Å². The van der Waals surface area contributed by atoms with Crippen molar-refractivity contribution in [3.8, 4) is 11.5 Å². The first-order valence-corrected chi connectivity index (χ1v) is 9.85. The average Bonchev–Trinajstić information content (AvgIpc) is 3.34. The molecule has 0 unspecified atom stereocenters. The first-order chi connectivity index (χ1) is 15.1. The van der Waals surface area contributed by atoms with Crippen LogP contribution in [0.2, 0.25) is 0 Å². The van der Waals surface area contributed by atoms with E-state index in [1.165, 1.54) is 6.26 Å². The van der Waals surface area contributed by atoms with E-state index in [9.17, 15) is 4.79 Å². The van der Waals surface area contributed by atoms with E-state index in [4.69, 9.17) is 13.9 Å². The molecule has 0 fully saturated rings. The van der Waals surface area contributed by atoms with Crippen molar-refractivity contribution in [3.05, 3.63) is 72.2 Å². The zero-order valence-corrected chi connectivity index (χ0v) is 20.5. The van der Waals surface area contributed by atoms with Gasteiger partial charge in [0.25, 0.3) is 5.91 Å². The molecule has 3 N–H and O–H groups in total. The van der Waals surface area contributed by atoms with Gasteiger partial charge in [-0.05, 0) is 48.9 Å². The molecular weight excluding hydrogens is 523 g/mol. The van der Waals surface area contributed by atoms with Gasteiger partial charge in [0.2, 0.25) is 0 Å². The van der Waals surface area contributed by atoms with Crippen molar-refractivity contribution in [2.24, 2.45) is 4.99 Å². The Morgan fingerprint density at radius 3 is 2.41 bits per heavy atom. The molecule has 1 amide bonds. The molecule has 0 atom stereocenters. The number of methoxy groups -OCH3 is 1. The topological polar surface area (TPSA) is 97.1 Å². The van der Waals surface area contributed by atoms with E-state index in [-0.39, 0.29) is 35.6 Å². The molecule has 9 heteroatoms. The lowest BCUT2D eigenvalue weighted by atomic mass is 10.2. The normalized spacial score (nSPS) is 10.7. The van der Waals surface area contributed by atoms with Gasteiger partial charge in [0, 0.05) is 31.0 Å². The molecule has 170 valence electrons. The van der Waals surface area contributed by atoms with Crippen LogP contribution in [0, 0.1) is 0 Å². The van der Waals surface area contributed by atoms with Crippen molar-refractivity contribution in [2.75, 3.05) is 31.4 Å². The lowest BCUT2D eigenvalue weighted by Gasteiger charge is -2.15. The highest BCUT2D eigenvalue weighted by atomic mass is 127. The second-order valence-electron chi connectivity index (χ2n) is 6.48. The SMILES string of the molecule is CCOc1ccc(NC(=NC)NCc2ccc(NC(=O)c3ccco3)cc2)cc1OC.I. The van der Waals surface area contributed by atoms with Gasteiger partial charge in [0.15, 0.2) is 23.2 Å². The number of hydrogen-bond acceptors (Lipinski definition) is 5. The van der Waals surface area contributed by atoms with Gasteiger partial charge in [-0.25, -0.2) is 0 Å². The molecule has 0 aliphatic carbocycles. The van der Waals surface area contributed by atoms with Gasteiger partial charge >= 0.3 is 0 Å². The third-order valence-corrected chi connectivity index (χ3v) is 4.37. The number of aliphatic imine (C=N–C) groups is 1. The van der Waals surface area contributed by atoms with Crippen molar-refractivity contribution in [2.45, 2.75) is 13.5 Å². The Hall–Kier alpha value is -3.21. The first kappa shape index (κ1) is 25.1. The van der Waals surface area contributed by atoms with Crippen LogP contribution in [0.25, 0.3) is 0 Å². The van der Waals surface area contributed by atoms with E-state index < -0.39 is 0 Å². The molecule has 0 bridgehead atoms. The maximum atomic E-state index is 12.0. The number of nitrogens with zero attached hydrogens (tertiary/aromatic N) is 1. The van der Waals surface area contributed by atoms with Gasteiger partial charge in [0.05, 0.1) is 20.0 Å². The standard InChI is InChI=1S/C23H26N4O4.HI/c1-4-30-19-12-11-18(14-21(19)29-3)27-23(24-2)25-15-16-7-9-17(10-8-16)26-22(28)20-6-5-13-31-20;/h5-14H,4,15H2,1-3H3,(H,26,28)(H2,24,25,27);1H. The van der Waals surface area contributed by atoms with Crippen LogP contribution in [-0.2, 0) is 6.54 Å². The number of benzene rings is 2. The summed E-state index contributed by atoms with van der Waals surface area (Å²) in [4.78, 5) is 16.3. The summed E-state index contributed by atoms with van der Waals surface area (Å²) < 4.78 is 16.0. The number of hydrogen-bond donors (Lipinski definition) is 3. The van der Waals surface area contributed by atoms with Crippen molar-refractivity contribution in [1.82, 2.24) is 5.32 Å². The van der Waals surface area contributed by atoms with Crippen molar-refractivity contribution >= 4 is 47.2 Å². The maximum absolute atomic E-state index is 12.0. The number of rotatable bonds is 8. The minimum absolute atomic E-state index is 0. The number of nitrogens with one attached hydrogen (secondary N) is 3. The summed E-state index contributed by atoms with van der Waals surface area (Å²) in [5.74, 6) is 1.94. The fourth-order valence-corrected chi connectivity index (χ4v) is 2.83. The molecule has 1 heterocycles. The molecule has 0 aliphatic rings. The highest BCUT2D eigenvalue weighted by molar-refractivity contribution is 14.0. The maximum Gasteiger partial charge on any atom is 0.291 e. The predicted octanol–water partition coefficient (Wildman–Crippen LogP) is 4.74. The Bertz CT molecular complexity index is 1020. The molecule has 0 saturated carbocycles. The van der Waals surface area contributed by atoms with E-state index in [2.05, 4.69) is 20.9 Å². The summed E-state index contributed by atoms with van der Waals surface area (Å²) in [6, 6.07) is 16.4. The van der Waals surface area contributed by atoms with Crippen LogP contribution in [0.15, 0.2) is 70.3 Å². The van der Waals surface area contributed by atoms with Gasteiger partial charge in [-0.2, -0.15) is 0 Å². The van der Waals surface area contributed by atoms with Crippen LogP contribution in [-0.4, -0.2) is 32.6 Å². The lowest BCUT2D eigenvalue weighted by Crippen LogP contribution is -2.30. The summed E-state index contributed by atoms with van der Waals surface area (Å²) in [7, 11) is 3.31. The molecule has 0 saturated heterocycles. The average molecular weight is 550 g/mol. The number of guanidine groups is 1. The summed E-state index contributed by atoms with van der Waals surface area (Å²) in [5, 5.41) is 9.28. The Morgan fingerprint density at radius 2 is 1.78 bits per heavy atom. The monoisotopic (exact) mass is 550 g/mol. The van der Waals surface area contributed by atoms with E-state index >= 15 is 0 Å². The fourth-order valence-electron chi connectivity index (χ4n) is 2.83. The van der Waals surface area contributed by atoms with Gasteiger partial charge in [0.1, 0.15) is 0 Å². The molecule has 3 rings (SSSR count). The Labute approximate surface area is 204 Å². The van der Waals surface area contributed by atoms with Gasteiger partial charge in [-0.3, -0.25) is 9.79 Å². The van der Waals surface area contributed by atoms with Gasteiger partial charge in [-0.1, -0.05) is 12.1 Å². The lowest BCUT2D eigenvalue weighted by molar-refractivity contribution is 0.0996. The van der Waals surface area contributed by atoms with E-state index in [1.807, 2.05) is 49.4 Å². The molecule has 0 radical (unpaired) electrons. The molecular formula is C23H27IN4O4. The number of furan rings is 1. The van der Waals surface area contributed by atoms with E-state index in [0.29, 0.717) is 36.3 Å². The van der Waals surface area contributed by atoms with Gasteiger partial charge < -0.3 is 29.8 Å². The van der Waals surface area contributed by atoms with Crippen LogP contribution < -0.4 is 25.4 Å². The van der Waals surface area contributed by atoms with Crippen molar-refractivity contribution in [3.63, 3.8) is 0 Å². The minimum Gasteiger partial charge on any atom is -0.493 e.